The molecule has 3 heterocycles. The lowest BCUT2D eigenvalue weighted by atomic mass is 10.1. The molecule has 0 saturated heterocycles. The maximum atomic E-state index is 14.4. The van der Waals surface area contributed by atoms with Crippen LogP contribution in [0.4, 0.5) is 10.2 Å². The molecule has 36 heavy (non-hydrogen) atoms. The summed E-state index contributed by atoms with van der Waals surface area (Å²) in [6.07, 6.45) is 2.20. The third-order valence-electron chi connectivity index (χ3n) is 5.29. The van der Waals surface area contributed by atoms with E-state index in [2.05, 4.69) is 37.7 Å². The third kappa shape index (κ3) is 5.13. The minimum atomic E-state index is -0.846. The van der Waals surface area contributed by atoms with E-state index in [4.69, 9.17) is 27.9 Å². The Kier molecular flexibility index (Phi) is 7.43. The maximum absolute atomic E-state index is 14.4. The van der Waals surface area contributed by atoms with Gasteiger partial charge in [0.15, 0.2) is 16.5 Å². The molecule has 4 aromatic rings. The molecule has 0 N–H and O–H groups in total. The second-order valence-corrected chi connectivity index (χ2v) is 9.29. The average molecular weight is 596 g/mol. The highest BCUT2D eigenvalue weighted by atomic mass is 79.9. The molecule has 0 fully saturated rings. The first-order chi connectivity index (χ1) is 17.1. The molecule has 0 aliphatic carbocycles. The van der Waals surface area contributed by atoms with Crippen molar-refractivity contribution in [3.05, 3.63) is 96.8 Å². The molecule has 1 atom stereocenters. The Hall–Kier alpha value is -3.28. The first-order valence-corrected chi connectivity index (χ1v) is 12.1. The Balaban J connectivity index is 1.79. The van der Waals surface area contributed by atoms with Gasteiger partial charge in [-0.15, -0.1) is 0 Å². The Morgan fingerprint density at radius 3 is 2.72 bits per heavy atom. The highest BCUT2D eigenvalue weighted by Gasteiger charge is 2.25. The average Bonchev–Trinajstić information content (AvgIpc) is 3.40. The predicted octanol–water partition coefficient (Wildman–Crippen LogP) is 6.80. The van der Waals surface area contributed by atoms with E-state index in [-0.39, 0.29) is 16.1 Å². The Morgan fingerprint density at radius 1 is 1.31 bits per heavy atom. The number of pyridine rings is 1. The van der Waals surface area contributed by atoms with Gasteiger partial charge in [-0.05, 0) is 57.9 Å². The highest BCUT2D eigenvalue weighted by molar-refractivity contribution is 9.10. The van der Waals surface area contributed by atoms with Gasteiger partial charge in [-0.25, -0.2) is 9.07 Å². The zero-order valence-electron chi connectivity index (χ0n) is 19.0. The largest absolute Gasteiger partial charge is 0.478 e. The van der Waals surface area contributed by atoms with Crippen LogP contribution in [0.25, 0.3) is 11.3 Å². The maximum Gasteiger partial charge on any atom is 0.406 e. The molecule has 9 nitrogen and oxygen atoms in total. The monoisotopic (exact) mass is 594 g/mol. The van der Waals surface area contributed by atoms with E-state index in [1.165, 1.54) is 35.1 Å². The summed E-state index contributed by atoms with van der Waals surface area (Å²) < 4.78 is 23.9. The number of hydrogen-bond acceptors (Lipinski definition) is 6. The van der Waals surface area contributed by atoms with Crippen molar-refractivity contribution in [3.63, 3.8) is 0 Å². The Morgan fingerprint density at radius 2 is 2.06 bits per heavy atom. The minimum absolute atomic E-state index is 0.0843. The fourth-order valence-electron chi connectivity index (χ4n) is 3.59. The topological polar surface area (TPSA) is 101 Å². The van der Waals surface area contributed by atoms with Crippen LogP contribution in [-0.2, 0) is 6.54 Å². The number of rotatable bonds is 8. The van der Waals surface area contributed by atoms with E-state index in [0.717, 1.165) is 0 Å². The van der Waals surface area contributed by atoms with Crippen LogP contribution in [0.5, 0.6) is 5.75 Å². The molecule has 4 rings (SSSR count). The molecule has 186 valence electrons. The van der Waals surface area contributed by atoms with Crippen LogP contribution in [0.1, 0.15) is 36.8 Å². The molecule has 3 aromatic heterocycles. The van der Waals surface area contributed by atoms with Crippen molar-refractivity contribution in [2.45, 2.75) is 26.5 Å². The van der Waals surface area contributed by atoms with E-state index in [9.17, 15) is 14.5 Å². The van der Waals surface area contributed by atoms with Gasteiger partial charge in [-0.2, -0.15) is 10.2 Å². The summed E-state index contributed by atoms with van der Waals surface area (Å²) in [6, 6.07) is 7.06. The predicted molar refractivity (Wildman–Crippen MR) is 137 cm³/mol. The second-order valence-electron chi connectivity index (χ2n) is 7.63. The van der Waals surface area contributed by atoms with Crippen LogP contribution in [-0.4, -0.2) is 29.5 Å². The fraction of sp³-hybridized carbons (Fsp3) is 0.174. The van der Waals surface area contributed by atoms with Crippen LogP contribution < -0.4 is 4.74 Å². The van der Waals surface area contributed by atoms with Gasteiger partial charge in [0.1, 0.15) is 11.9 Å². The summed E-state index contributed by atoms with van der Waals surface area (Å²) in [6.45, 7) is 8.32. The number of ether oxygens (including phenoxy) is 1. The van der Waals surface area contributed by atoms with Gasteiger partial charge in [-0.1, -0.05) is 29.8 Å². The van der Waals surface area contributed by atoms with Crippen molar-refractivity contribution >= 4 is 50.5 Å². The van der Waals surface area contributed by atoms with E-state index in [0.29, 0.717) is 39.1 Å². The van der Waals surface area contributed by atoms with Crippen molar-refractivity contribution in [1.29, 1.82) is 0 Å². The molecular formula is C23H18BrCl2FN6O3. The van der Waals surface area contributed by atoms with Crippen LogP contribution in [0.3, 0.4) is 0 Å². The van der Waals surface area contributed by atoms with Crippen LogP contribution in [0.15, 0.2) is 53.8 Å². The summed E-state index contributed by atoms with van der Waals surface area (Å²) in [7, 11) is 0. The summed E-state index contributed by atoms with van der Waals surface area (Å²) in [5, 5.41) is 20.5. The molecule has 0 unspecified atom stereocenters. The van der Waals surface area contributed by atoms with E-state index in [1.807, 2.05) is 6.92 Å². The molecule has 0 radical (unpaired) electrons. The zero-order valence-corrected chi connectivity index (χ0v) is 22.1. The van der Waals surface area contributed by atoms with Gasteiger partial charge in [0.25, 0.3) is 0 Å². The number of aryl methyl sites for hydroxylation is 1. The quantitative estimate of drug-likeness (QED) is 0.164. The summed E-state index contributed by atoms with van der Waals surface area (Å²) in [4.78, 5) is 14.6. The lowest BCUT2D eigenvalue weighted by Crippen LogP contribution is -2.12. The van der Waals surface area contributed by atoms with Gasteiger partial charge in [-0.3, -0.25) is 4.68 Å². The van der Waals surface area contributed by atoms with E-state index < -0.39 is 22.7 Å². The molecule has 0 amide bonds. The lowest BCUT2D eigenvalue weighted by molar-refractivity contribution is -0.390. The standard InChI is InChI=1S/C23H18BrCl2FN6O3/c1-4-31-11-17(22(26)30-31)12(2)19-9-21(25)29-32(19)18-6-5-15(27)8-16(18)13(3)36-20-7-14(24)10-28-23(20)33(34)35/h5-11,13H,2,4H2,1,3H3/t13-/m1/s1. The lowest BCUT2D eigenvalue weighted by Gasteiger charge is -2.20. The smallest absolute Gasteiger partial charge is 0.406 e. The van der Waals surface area contributed by atoms with Crippen molar-refractivity contribution in [2.24, 2.45) is 0 Å². The Bertz CT molecular complexity index is 1490. The molecule has 13 heteroatoms. The number of hydrogen-bond donors (Lipinski definition) is 0. The van der Waals surface area contributed by atoms with Gasteiger partial charge in [0.05, 0.1) is 15.9 Å². The molecule has 0 bridgehead atoms. The van der Waals surface area contributed by atoms with Crippen molar-refractivity contribution in [3.8, 4) is 11.4 Å². The van der Waals surface area contributed by atoms with Crippen LogP contribution in [0.2, 0.25) is 10.3 Å². The summed E-state index contributed by atoms with van der Waals surface area (Å²) >= 11 is 15.8. The third-order valence-corrected chi connectivity index (χ3v) is 6.18. The number of nitrogens with zero attached hydrogens (tertiary/aromatic N) is 6. The van der Waals surface area contributed by atoms with Crippen LogP contribution >= 0.6 is 39.1 Å². The summed E-state index contributed by atoms with van der Waals surface area (Å²) in [5.41, 5.74) is 2.35. The molecule has 0 spiro atoms. The SMILES string of the molecule is C=C(c1cn(CC)nc1Cl)c1cc(Cl)nn1-c1ccc(F)cc1[C@@H](C)Oc1cc(Br)cnc1[N+](=O)[O-]. The van der Waals surface area contributed by atoms with Gasteiger partial charge < -0.3 is 14.9 Å². The van der Waals surface area contributed by atoms with Crippen molar-refractivity contribution in [1.82, 2.24) is 24.5 Å². The first-order valence-electron chi connectivity index (χ1n) is 10.5. The van der Waals surface area contributed by atoms with Crippen molar-refractivity contribution < 1.29 is 14.1 Å². The number of halogens is 4. The fourth-order valence-corrected chi connectivity index (χ4v) is 4.34. The van der Waals surface area contributed by atoms with Gasteiger partial charge in [0, 0.05) is 41.6 Å². The summed E-state index contributed by atoms with van der Waals surface area (Å²) in [5.74, 6) is -1.09. The molecule has 0 aliphatic rings. The first kappa shape index (κ1) is 25.8. The number of aromatic nitrogens is 5. The van der Waals surface area contributed by atoms with E-state index >= 15 is 0 Å². The number of benzene rings is 1. The molecular weight excluding hydrogens is 578 g/mol. The van der Waals surface area contributed by atoms with E-state index in [1.54, 1.807) is 23.9 Å². The number of nitro groups is 1. The second kappa shape index (κ2) is 10.4. The molecule has 0 saturated carbocycles. The Labute approximate surface area is 223 Å². The highest BCUT2D eigenvalue weighted by Crippen LogP contribution is 2.36. The minimum Gasteiger partial charge on any atom is -0.478 e. The van der Waals surface area contributed by atoms with Gasteiger partial charge >= 0.3 is 5.82 Å². The van der Waals surface area contributed by atoms with Crippen LogP contribution in [0, 0.1) is 15.9 Å². The molecule has 1 aromatic carbocycles. The van der Waals surface area contributed by atoms with Gasteiger partial charge in [0.2, 0.25) is 5.75 Å². The molecule has 0 aliphatic heterocycles. The van der Waals surface area contributed by atoms with Crippen molar-refractivity contribution in [2.75, 3.05) is 0 Å². The normalized spacial score (nSPS) is 11.9. The zero-order chi connectivity index (χ0) is 26.1.